The van der Waals surface area contributed by atoms with E-state index in [0.717, 1.165) is 25.8 Å². The first kappa shape index (κ1) is 16.5. The third-order valence-electron chi connectivity index (χ3n) is 4.28. The number of likely N-dealkylation sites (tertiary alicyclic amines) is 1. The molecule has 2 unspecified atom stereocenters. The van der Waals surface area contributed by atoms with Crippen LogP contribution in [0.3, 0.4) is 0 Å². The fourth-order valence-electron chi connectivity index (χ4n) is 2.99. The van der Waals surface area contributed by atoms with Gasteiger partial charge in [-0.15, -0.1) is 0 Å². The molecule has 1 heterocycles. The van der Waals surface area contributed by atoms with Crippen molar-refractivity contribution in [2.75, 3.05) is 6.54 Å². The third kappa shape index (κ3) is 3.87. The summed E-state index contributed by atoms with van der Waals surface area (Å²) in [5.41, 5.74) is 0.599. The highest BCUT2D eigenvalue weighted by molar-refractivity contribution is 5.94. The Balaban J connectivity index is 2.04. The lowest BCUT2D eigenvalue weighted by molar-refractivity contribution is -0.141. The molecule has 1 aliphatic heterocycles. The molecule has 4 nitrogen and oxygen atoms in total. The topological polar surface area (TPSA) is 46.6 Å². The average Bonchev–Trinajstić information content (AvgIpc) is 2.54. The quantitative estimate of drug-likeness (QED) is 0.783. The number of amides is 1. The maximum atomic E-state index is 12.6. The lowest BCUT2D eigenvalue weighted by atomic mass is 9.99. The highest BCUT2D eigenvalue weighted by Gasteiger charge is 2.29. The van der Waals surface area contributed by atoms with E-state index in [1.807, 2.05) is 4.90 Å². The number of rotatable bonds is 5. The molecule has 0 radical (unpaired) electrons. The van der Waals surface area contributed by atoms with E-state index in [2.05, 4.69) is 6.92 Å². The molecule has 1 amide bonds. The van der Waals surface area contributed by atoms with Crippen molar-refractivity contribution in [1.29, 1.82) is 0 Å². The Morgan fingerprint density at radius 2 is 2.14 bits per heavy atom. The van der Waals surface area contributed by atoms with Crippen molar-refractivity contribution in [3.05, 3.63) is 29.8 Å². The Bertz CT molecular complexity index is 541. The Morgan fingerprint density at radius 1 is 1.36 bits per heavy atom. The van der Waals surface area contributed by atoms with Crippen LogP contribution in [0, 0.1) is 0 Å². The molecule has 0 N–H and O–H groups in total. The Kier molecular flexibility index (Phi) is 5.58. The van der Waals surface area contributed by atoms with Crippen LogP contribution in [-0.2, 0) is 4.79 Å². The van der Waals surface area contributed by atoms with Gasteiger partial charge in [-0.2, -0.15) is 0 Å². The van der Waals surface area contributed by atoms with E-state index in [1.54, 1.807) is 31.2 Å². The predicted molar refractivity (Wildman–Crippen MR) is 86.2 cm³/mol. The number of Topliss-reactive ketones (excluding diaryl/α,β-unsaturated/α-hetero) is 1. The van der Waals surface area contributed by atoms with Crippen LogP contribution in [0.5, 0.6) is 5.75 Å². The monoisotopic (exact) mass is 303 g/mol. The molecule has 4 heteroatoms. The number of ether oxygens (including phenoxy) is 1. The first-order chi connectivity index (χ1) is 10.5. The largest absolute Gasteiger partial charge is 0.481 e. The fraction of sp³-hybridized carbons (Fsp3) is 0.556. The second-order valence-corrected chi connectivity index (χ2v) is 5.93. The summed E-state index contributed by atoms with van der Waals surface area (Å²) in [6.07, 6.45) is 3.79. The normalized spacial score (nSPS) is 19.6. The van der Waals surface area contributed by atoms with Gasteiger partial charge in [0.2, 0.25) is 0 Å². The first-order valence-electron chi connectivity index (χ1n) is 8.11. The van der Waals surface area contributed by atoms with Crippen molar-refractivity contribution in [3.63, 3.8) is 0 Å². The zero-order valence-electron chi connectivity index (χ0n) is 13.7. The minimum atomic E-state index is -0.533. The molecule has 0 spiro atoms. The first-order valence-corrected chi connectivity index (χ1v) is 8.11. The van der Waals surface area contributed by atoms with E-state index in [4.69, 9.17) is 4.74 Å². The van der Waals surface area contributed by atoms with Gasteiger partial charge in [0.05, 0.1) is 0 Å². The highest BCUT2D eigenvalue weighted by atomic mass is 16.5. The van der Waals surface area contributed by atoms with Gasteiger partial charge in [-0.3, -0.25) is 9.59 Å². The third-order valence-corrected chi connectivity index (χ3v) is 4.28. The molecule has 0 saturated carbocycles. The molecule has 2 atom stereocenters. The van der Waals surface area contributed by atoms with Crippen LogP contribution in [0.4, 0.5) is 0 Å². The van der Waals surface area contributed by atoms with Gasteiger partial charge in [-0.25, -0.2) is 0 Å². The van der Waals surface area contributed by atoms with Gasteiger partial charge >= 0.3 is 0 Å². The smallest absolute Gasteiger partial charge is 0.263 e. The van der Waals surface area contributed by atoms with Gasteiger partial charge in [0, 0.05) is 18.2 Å². The van der Waals surface area contributed by atoms with E-state index in [9.17, 15) is 9.59 Å². The van der Waals surface area contributed by atoms with Crippen molar-refractivity contribution < 1.29 is 14.3 Å². The van der Waals surface area contributed by atoms with Gasteiger partial charge in [0.15, 0.2) is 11.9 Å². The van der Waals surface area contributed by atoms with Crippen molar-refractivity contribution in [1.82, 2.24) is 4.90 Å². The number of ketones is 1. The maximum Gasteiger partial charge on any atom is 0.263 e. The van der Waals surface area contributed by atoms with E-state index >= 15 is 0 Å². The minimum absolute atomic E-state index is 0.00786. The molecular weight excluding hydrogens is 278 g/mol. The van der Waals surface area contributed by atoms with Crippen LogP contribution in [0.1, 0.15) is 56.8 Å². The van der Waals surface area contributed by atoms with E-state index < -0.39 is 6.10 Å². The molecule has 1 aromatic carbocycles. The summed E-state index contributed by atoms with van der Waals surface area (Å²) >= 11 is 0. The van der Waals surface area contributed by atoms with Gasteiger partial charge in [0.1, 0.15) is 5.75 Å². The Labute approximate surface area is 132 Å². The van der Waals surface area contributed by atoms with Crippen molar-refractivity contribution in [3.8, 4) is 5.75 Å². The minimum Gasteiger partial charge on any atom is -0.481 e. The molecule has 0 bridgehead atoms. The molecule has 1 saturated heterocycles. The molecule has 2 rings (SSSR count). The van der Waals surface area contributed by atoms with Crippen LogP contribution in [0.15, 0.2) is 24.3 Å². The Hall–Kier alpha value is -1.84. The zero-order valence-corrected chi connectivity index (χ0v) is 13.7. The predicted octanol–water partition coefficient (Wildman–Crippen LogP) is 3.45. The average molecular weight is 303 g/mol. The number of carbonyl (C=O) groups is 2. The van der Waals surface area contributed by atoms with Crippen LogP contribution in [0.25, 0.3) is 0 Å². The van der Waals surface area contributed by atoms with Gasteiger partial charge < -0.3 is 9.64 Å². The number of piperidine rings is 1. The van der Waals surface area contributed by atoms with Crippen LogP contribution in [0.2, 0.25) is 0 Å². The van der Waals surface area contributed by atoms with Gasteiger partial charge in [-0.1, -0.05) is 19.1 Å². The lowest BCUT2D eigenvalue weighted by Crippen LogP contribution is -2.48. The lowest BCUT2D eigenvalue weighted by Gasteiger charge is -2.36. The number of hydrogen-bond donors (Lipinski definition) is 0. The standard InChI is InChI=1S/C18H25NO3/c1-4-16-9-5-6-11-19(16)18(21)14(3)22-17-10-7-8-15(12-17)13(2)20/h7-8,10,12,14,16H,4-6,9,11H2,1-3H3. The van der Waals surface area contributed by atoms with Crippen molar-refractivity contribution >= 4 is 11.7 Å². The van der Waals surface area contributed by atoms with Crippen molar-refractivity contribution in [2.24, 2.45) is 0 Å². The second kappa shape index (κ2) is 7.43. The van der Waals surface area contributed by atoms with Crippen LogP contribution in [-0.4, -0.2) is 35.3 Å². The molecule has 22 heavy (non-hydrogen) atoms. The summed E-state index contributed by atoms with van der Waals surface area (Å²) < 4.78 is 5.77. The molecule has 0 aromatic heterocycles. The zero-order chi connectivity index (χ0) is 16.1. The van der Waals surface area contributed by atoms with Gasteiger partial charge in [0.25, 0.3) is 5.91 Å². The van der Waals surface area contributed by atoms with Crippen LogP contribution >= 0.6 is 0 Å². The number of hydrogen-bond acceptors (Lipinski definition) is 3. The molecule has 1 fully saturated rings. The van der Waals surface area contributed by atoms with E-state index in [0.29, 0.717) is 17.4 Å². The van der Waals surface area contributed by atoms with E-state index in [1.165, 1.54) is 13.3 Å². The summed E-state index contributed by atoms with van der Waals surface area (Å²) in [5.74, 6) is 0.602. The maximum absolute atomic E-state index is 12.6. The molecule has 1 aromatic rings. The number of benzene rings is 1. The fourth-order valence-corrected chi connectivity index (χ4v) is 2.99. The summed E-state index contributed by atoms with van der Waals surface area (Å²) in [6.45, 7) is 6.24. The number of carbonyl (C=O) groups excluding carboxylic acids is 2. The molecule has 120 valence electrons. The summed E-state index contributed by atoms with van der Waals surface area (Å²) in [6, 6.07) is 7.33. The summed E-state index contributed by atoms with van der Waals surface area (Å²) in [5, 5.41) is 0. The molecule has 0 aliphatic carbocycles. The van der Waals surface area contributed by atoms with E-state index in [-0.39, 0.29) is 11.7 Å². The van der Waals surface area contributed by atoms with Crippen LogP contribution < -0.4 is 4.74 Å². The van der Waals surface area contributed by atoms with Crippen molar-refractivity contribution in [2.45, 2.75) is 58.6 Å². The SMILES string of the molecule is CCC1CCCCN1C(=O)C(C)Oc1cccc(C(C)=O)c1. The van der Waals surface area contributed by atoms with Gasteiger partial charge in [-0.05, 0) is 51.7 Å². The molecular formula is C18H25NO3. The second-order valence-electron chi connectivity index (χ2n) is 5.93. The molecule has 1 aliphatic rings. The Morgan fingerprint density at radius 3 is 2.82 bits per heavy atom. The summed E-state index contributed by atoms with van der Waals surface area (Å²) in [4.78, 5) is 26.0. The highest BCUT2D eigenvalue weighted by Crippen LogP contribution is 2.22. The number of nitrogens with zero attached hydrogens (tertiary/aromatic N) is 1. The summed E-state index contributed by atoms with van der Waals surface area (Å²) in [7, 11) is 0.